The van der Waals surface area contributed by atoms with Gasteiger partial charge in [0.1, 0.15) is 24.9 Å². The number of carbonyl (C=O) groups excluding carboxylic acids is 1. The number of hydrogen-bond donors (Lipinski definition) is 1. The number of ether oxygens (including phenoxy) is 3. The van der Waals surface area contributed by atoms with E-state index in [0.717, 1.165) is 5.56 Å². The first-order chi connectivity index (χ1) is 11.0. The minimum Gasteiger partial charge on any atom is -0.486 e. The predicted molar refractivity (Wildman–Crippen MR) is 80.9 cm³/mol. The van der Waals surface area contributed by atoms with Gasteiger partial charge < -0.3 is 14.2 Å². The van der Waals surface area contributed by atoms with E-state index in [4.69, 9.17) is 14.2 Å². The third-order valence-corrected chi connectivity index (χ3v) is 3.47. The lowest BCUT2D eigenvalue weighted by molar-refractivity contribution is 0.0334. The first kappa shape index (κ1) is 15.1. The van der Waals surface area contributed by atoms with Gasteiger partial charge in [0.2, 0.25) is 0 Å². The summed E-state index contributed by atoms with van der Waals surface area (Å²) >= 11 is 0. The minimum atomic E-state index is -0.695. The fourth-order valence-electron chi connectivity index (χ4n) is 2.26. The fourth-order valence-corrected chi connectivity index (χ4v) is 2.26. The summed E-state index contributed by atoms with van der Waals surface area (Å²) in [5.41, 5.74) is 0.644. The van der Waals surface area contributed by atoms with Crippen molar-refractivity contribution >= 4 is 5.97 Å². The Kier molecular flexibility index (Phi) is 4.01. The molecule has 0 aliphatic carbocycles. The van der Waals surface area contributed by atoms with Crippen molar-refractivity contribution < 1.29 is 19.0 Å². The minimum absolute atomic E-state index is 0.0677. The number of nitrogens with zero attached hydrogens (tertiary/aromatic N) is 1. The molecule has 1 aromatic carbocycles. The Morgan fingerprint density at radius 1 is 1.26 bits per heavy atom. The average molecular weight is 316 g/mol. The maximum atomic E-state index is 12.2. The molecular weight excluding hydrogens is 300 g/mol. The monoisotopic (exact) mass is 316 g/mol. The number of aromatic amines is 1. The molecule has 1 atom stereocenters. The summed E-state index contributed by atoms with van der Waals surface area (Å²) in [6.45, 7) is 4.40. The molecule has 0 saturated carbocycles. The third-order valence-electron chi connectivity index (χ3n) is 3.47. The number of hydrogen-bond acceptors (Lipinski definition) is 6. The van der Waals surface area contributed by atoms with Crippen LogP contribution in [-0.4, -0.2) is 29.4 Å². The van der Waals surface area contributed by atoms with E-state index in [9.17, 15) is 9.59 Å². The van der Waals surface area contributed by atoms with Crippen molar-refractivity contribution in [3.8, 4) is 11.5 Å². The summed E-state index contributed by atoms with van der Waals surface area (Å²) in [6.07, 6.45) is -0.536. The highest BCUT2D eigenvalue weighted by molar-refractivity contribution is 5.89. The lowest BCUT2D eigenvalue weighted by Gasteiger charge is -2.20. The molecule has 3 rings (SSSR count). The van der Waals surface area contributed by atoms with E-state index in [2.05, 4.69) is 10.2 Å². The number of nitrogens with one attached hydrogen (secondary N) is 1. The van der Waals surface area contributed by atoms with Gasteiger partial charge in [0.15, 0.2) is 11.5 Å². The quantitative estimate of drug-likeness (QED) is 0.868. The maximum absolute atomic E-state index is 12.2. The molecule has 1 aliphatic rings. The lowest BCUT2D eigenvalue weighted by Crippen LogP contribution is -2.22. The number of carbonyl (C=O) groups is 1. The molecule has 7 heteroatoms. The molecule has 0 amide bonds. The standard InChI is InChI=1S/C16H16N2O5/c1-9-7-12(15(19)18-17-9)16(20)23-10(2)11-3-4-13-14(8-11)22-6-5-21-13/h3-4,7-8,10H,5-6H2,1-2H3,(H,18,19). The van der Waals surface area contributed by atoms with Gasteiger partial charge in [-0.05, 0) is 37.6 Å². The van der Waals surface area contributed by atoms with Crippen LogP contribution in [0, 0.1) is 6.92 Å². The smallest absolute Gasteiger partial charge is 0.344 e. The lowest BCUT2D eigenvalue weighted by atomic mass is 10.1. The van der Waals surface area contributed by atoms with Gasteiger partial charge in [0, 0.05) is 0 Å². The molecule has 1 aliphatic heterocycles. The van der Waals surface area contributed by atoms with Crippen LogP contribution in [0.1, 0.15) is 34.6 Å². The third kappa shape index (κ3) is 3.18. The van der Waals surface area contributed by atoms with Crippen LogP contribution in [0.3, 0.4) is 0 Å². The van der Waals surface area contributed by atoms with Gasteiger partial charge in [-0.1, -0.05) is 6.07 Å². The van der Waals surface area contributed by atoms with Crippen LogP contribution in [0.15, 0.2) is 29.1 Å². The number of aromatic nitrogens is 2. The van der Waals surface area contributed by atoms with Crippen molar-refractivity contribution in [1.82, 2.24) is 10.2 Å². The summed E-state index contributed by atoms with van der Waals surface area (Å²) in [4.78, 5) is 23.8. The van der Waals surface area contributed by atoms with Crippen molar-refractivity contribution in [2.45, 2.75) is 20.0 Å². The van der Waals surface area contributed by atoms with E-state index in [-0.39, 0.29) is 5.56 Å². The summed E-state index contributed by atoms with van der Waals surface area (Å²) in [5.74, 6) is 0.591. The number of H-pyrrole nitrogens is 1. The number of benzene rings is 1. The van der Waals surface area contributed by atoms with Gasteiger partial charge in [-0.3, -0.25) is 4.79 Å². The second-order valence-electron chi connectivity index (χ2n) is 5.20. The van der Waals surface area contributed by atoms with Crippen molar-refractivity contribution in [2.75, 3.05) is 13.2 Å². The Morgan fingerprint density at radius 3 is 2.78 bits per heavy atom. The zero-order valence-corrected chi connectivity index (χ0v) is 12.8. The summed E-state index contributed by atoms with van der Waals surface area (Å²) < 4.78 is 16.3. The first-order valence-corrected chi connectivity index (χ1v) is 7.21. The predicted octanol–water partition coefficient (Wildman–Crippen LogP) is 1.77. The van der Waals surface area contributed by atoms with Crippen molar-refractivity contribution in [2.24, 2.45) is 0 Å². The highest BCUT2D eigenvalue weighted by Gasteiger charge is 2.19. The van der Waals surface area contributed by atoms with E-state index >= 15 is 0 Å². The topological polar surface area (TPSA) is 90.5 Å². The Balaban J connectivity index is 1.78. The summed E-state index contributed by atoms with van der Waals surface area (Å²) in [7, 11) is 0. The molecule has 1 unspecified atom stereocenters. The highest BCUT2D eigenvalue weighted by atomic mass is 16.6. The molecule has 0 spiro atoms. The molecule has 7 nitrogen and oxygen atoms in total. The SMILES string of the molecule is Cc1cc(C(=O)OC(C)c2ccc3c(c2)OCCO3)c(=O)[nH]n1. The van der Waals surface area contributed by atoms with Crippen LogP contribution in [0.5, 0.6) is 11.5 Å². The van der Waals surface area contributed by atoms with Crippen LogP contribution in [0.25, 0.3) is 0 Å². The van der Waals surface area contributed by atoms with Gasteiger partial charge in [-0.25, -0.2) is 9.89 Å². The van der Waals surface area contributed by atoms with Crippen LogP contribution in [-0.2, 0) is 4.74 Å². The molecular formula is C16H16N2O5. The Morgan fingerprint density at radius 2 is 2.00 bits per heavy atom. The van der Waals surface area contributed by atoms with Gasteiger partial charge >= 0.3 is 5.97 Å². The highest BCUT2D eigenvalue weighted by Crippen LogP contribution is 2.33. The van der Waals surface area contributed by atoms with Crippen molar-refractivity contribution in [1.29, 1.82) is 0 Å². The molecule has 0 radical (unpaired) electrons. The van der Waals surface area contributed by atoms with Gasteiger partial charge in [-0.15, -0.1) is 0 Å². The van der Waals surface area contributed by atoms with Crippen molar-refractivity contribution in [3.63, 3.8) is 0 Å². The van der Waals surface area contributed by atoms with E-state index in [1.807, 2.05) is 0 Å². The second kappa shape index (κ2) is 6.12. The molecule has 1 N–H and O–H groups in total. The number of esters is 1. The second-order valence-corrected chi connectivity index (χ2v) is 5.20. The molecule has 0 saturated heterocycles. The van der Waals surface area contributed by atoms with E-state index in [1.54, 1.807) is 32.0 Å². The number of rotatable bonds is 3. The molecule has 120 valence electrons. The average Bonchev–Trinajstić information content (AvgIpc) is 2.56. The van der Waals surface area contributed by atoms with Gasteiger partial charge in [0.25, 0.3) is 5.56 Å². The molecule has 0 bridgehead atoms. The summed E-state index contributed by atoms with van der Waals surface area (Å²) in [5, 5.41) is 5.99. The fraction of sp³-hybridized carbons (Fsp3) is 0.312. The van der Waals surface area contributed by atoms with Gasteiger partial charge in [-0.2, -0.15) is 5.10 Å². The van der Waals surface area contributed by atoms with Crippen molar-refractivity contribution in [3.05, 3.63) is 51.4 Å². The molecule has 2 heterocycles. The van der Waals surface area contributed by atoms with Crippen LogP contribution < -0.4 is 15.0 Å². The molecule has 23 heavy (non-hydrogen) atoms. The molecule has 2 aromatic rings. The Bertz CT molecular complexity index is 799. The molecule has 1 aromatic heterocycles. The molecule has 0 fully saturated rings. The largest absolute Gasteiger partial charge is 0.486 e. The number of fused-ring (bicyclic) bond motifs is 1. The maximum Gasteiger partial charge on any atom is 0.344 e. The Labute approximate surface area is 132 Å². The summed E-state index contributed by atoms with van der Waals surface area (Å²) in [6, 6.07) is 6.75. The van der Waals surface area contributed by atoms with E-state index in [0.29, 0.717) is 30.4 Å². The van der Waals surface area contributed by atoms with Crippen LogP contribution in [0.2, 0.25) is 0 Å². The number of aryl methyl sites for hydroxylation is 1. The van der Waals surface area contributed by atoms with Gasteiger partial charge in [0.05, 0.1) is 5.69 Å². The normalized spacial score (nSPS) is 14.2. The zero-order valence-electron chi connectivity index (χ0n) is 12.8. The van der Waals surface area contributed by atoms with Crippen LogP contribution >= 0.6 is 0 Å². The Hall–Kier alpha value is -2.83. The zero-order chi connectivity index (χ0) is 16.4. The first-order valence-electron chi connectivity index (χ1n) is 7.21. The van der Waals surface area contributed by atoms with E-state index in [1.165, 1.54) is 6.07 Å². The van der Waals surface area contributed by atoms with E-state index < -0.39 is 17.6 Å². The van der Waals surface area contributed by atoms with Crippen LogP contribution in [0.4, 0.5) is 0 Å².